The Kier molecular flexibility index (Phi) is 13.5. The third-order valence-corrected chi connectivity index (χ3v) is 9.81. The van der Waals surface area contributed by atoms with Gasteiger partial charge in [0.05, 0.1) is 40.7 Å². The molecule has 0 bridgehead atoms. The van der Waals surface area contributed by atoms with Crippen molar-refractivity contribution in [3.05, 3.63) is 196 Å². The van der Waals surface area contributed by atoms with Crippen LogP contribution in [0.1, 0.15) is 54.4 Å². The molecule has 0 amide bonds. The second kappa shape index (κ2) is 19.9. The van der Waals surface area contributed by atoms with Gasteiger partial charge in [-0.2, -0.15) is 0 Å². The molecule has 11 heteroatoms. The summed E-state index contributed by atoms with van der Waals surface area (Å²) in [5, 5.41) is 20.7. The summed E-state index contributed by atoms with van der Waals surface area (Å²) in [5.74, 6) is 0.977. The van der Waals surface area contributed by atoms with Crippen LogP contribution in [0.15, 0.2) is 152 Å². The fourth-order valence-electron chi connectivity index (χ4n) is 6.74. The van der Waals surface area contributed by atoms with Crippen molar-refractivity contribution in [2.45, 2.75) is 40.3 Å². The standard InChI is InChI=1S/C26H23NO4.C25H21NO5/c1-17-12-23(13-18(2)25(17)26(28)29)30-15-19-6-5-8-22(14-19)31-16-21-11-10-20-7-3-4-9-24(20)27-21;1-29-23-12-10-19(25(27)28)14-24(23)31-15-17-5-4-7-21(13-17)30-16-20-11-9-18-6-2-3-8-22(18)26-20/h3-14H,15-16H2,1-2H3,(H,28,29);2-14H,15-16H2,1H3,(H,27,28). The highest BCUT2D eigenvalue weighted by molar-refractivity contribution is 5.91. The summed E-state index contributed by atoms with van der Waals surface area (Å²) < 4.78 is 28.8. The van der Waals surface area contributed by atoms with Crippen molar-refractivity contribution in [1.82, 2.24) is 9.97 Å². The summed E-state index contributed by atoms with van der Waals surface area (Å²) in [6, 6.07) is 47.2. The molecule has 0 aliphatic carbocycles. The van der Waals surface area contributed by atoms with Gasteiger partial charge in [-0.05, 0) is 115 Å². The first kappa shape index (κ1) is 42.2. The normalized spacial score (nSPS) is 10.7. The minimum atomic E-state index is -1.02. The molecule has 0 spiro atoms. The Morgan fingerprint density at radius 2 is 1.00 bits per heavy atom. The van der Waals surface area contributed by atoms with Crippen LogP contribution in [-0.2, 0) is 26.4 Å². The number of methoxy groups -OCH3 is 1. The molecule has 0 unspecified atom stereocenters. The van der Waals surface area contributed by atoms with Gasteiger partial charge in [-0.15, -0.1) is 0 Å². The van der Waals surface area contributed by atoms with E-state index in [0.717, 1.165) is 50.1 Å². The van der Waals surface area contributed by atoms with Crippen LogP contribution in [-0.4, -0.2) is 39.2 Å². The minimum absolute atomic E-state index is 0.135. The first-order valence-corrected chi connectivity index (χ1v) is 19.8. The predicted octanol–water partition coefficient (Wildman–Crippen LogP) is 10.8. The van der Waals surface area contributed by atoms with Crippen molar-refractivity contribution < 1.29 is 43.5 Å². The smallest absolute Gasteiger partial charge is 0.336 e. The number of hydrogen-bond donors (Lipinski definition) is 2. The Morgan fingerprint density at radius 3 is 1.52 bits per heavy atom. The maximum atomic E-state index is 11.3. The molecule has 2 heterocycles. The Labute approximate surface area is 358 Å². The van der Waals surface area contributed by atoms with Gasteiger partial charge in [0.25, 0.3) is 0 Å². The number of fused-ring (bicyclic) bond motifs is 2. The van der Waals surface area contributed by atoms with Crippen LogP contribution in [0.4, 0.5) is 0 Å². The molecule has 2 aromatic heterocycles. The average molecular weight is 829 g/mol. The number of aryl methyl sites for hydroxylation is 2. The quantitative estimate of drug-likeness (QED) is 0.102. The molecule has 8 rings (SSSR count). The zero-order chi connectivity index (χ0) is 43.4. The van der Waals surface area contributed by atoms with Gasteiger partial charge in [0.2, 0.25) is 0 Å². The molecule has 0 fully saturated rings. The highest BCUT2D eigenvalue weighted by Crippen LogP contribution is 2.30. The molecule has 8 aromatic rings. The van der Waals surface area contributed by atoms with Gasteiger partial charge in [-0.1, -0.05) is 72.8 Å². The van der Waals surface area contributed by atoms with Crippen molar-refractivity contribution in [3.63, 3.8) is 0 Å². The molecule has 0 aliphatic rings. The van der Waals surface area contributed by atoms with E-state index in [4.69, 9.17) is 23.7 Å². The summed E-state index contributed by atoms with van der Waals surface area (Å²) in [7, 11) is 1.51. The van der Waals surface area contributed by atoms with Gasteiger partial charge in [0, 0.05) is 10.8 Å². The Balaban J connectivity index is 0.000000186. The van der Waals surface area contributed by atoms with Crippen molar-refractivity contribution in [1.29, 1.82) is 0 Å². The zero-order valence-corrected chi connectivity index (χ0v) is 34.4. The lowest BCUT2D eigenvalue weighted by molar-refractivity contribution is 0.0685. The molecule has 0 saturated heterocycles. The number of carbonyl (C=O) groups is 2. The molecule has 312 valence electrons. The molecule has 6 aromatic carbocycles. The summed E-state index contributed by atoms with van der Waals surface area (Å²) in [6.45, 7) is 4.88. The maximum Gasteiger partial charge on any atom is 0.336 e. The van der Waals surface area contributed by atoms with E-state index in [-0.39, 0.29) is 12.2 Å². The monoisotopic (exact) mass is 828 g/mol. The highest BCUT2D eigenvalue weighted by atomic mass is 16.5. The molecular weight excluding hydrogens is 785 g/mol. The number of carboxylic acid groups (broad SMARTS) is 2. The fourth-order valence-corrected chi connectivity index (χ4v) is 6.74. The first-order chi connectivity index (χ1) is 30.1. The Bertz CT molecular complexity index is 2840. The SMILES string of the molecule is COc1ccc(C(=O)O)cc1OCc1cccc(OCc2ccc3ccccc3n2)c1.Cc1cc(OCc2cccc(OCc3ccc4ccccc4n3)c2)cc(C)c1C(=O)O. The number of aromatic carboxylic acids is 2. The summed E-state index contributed by atoms with van der Waals surface area (Å²) in [5.41, 5.74) is 7.26. The van der Waals surface area contributed by atoms with Gasteiger partial charge in [-0.3, -0.25) is 0 Å². The highest BCUT2D eigenvalue weighted by Gasteiger charge is 2.14. The van der Waals surface area contributed by atoms with E-state index in [0.29, 0.717) is 59.5 Å². The number of carboxylic acids is 2. The number of nitrogens with zero attached hydrogens (tertiary/aromatic N) is 2. The number of para-hydroxylation sites is 2. The predicted molar refractivity (Wildman–Crippen MR) is 237 cm³/mol. The lowest BCUT2D eigenvalue weighted by Gasteiger charge is -2.12. The van der Waals surface area contributed by atoms with Gasteiger partial charge in [-0.25, -0.2) is 19.6 Å². The van der Waals surface area contributed by atoms with Crippen LogP contribution in [0.2, 0.25) is 0 Å². The Morgan fingerprint density at radius 1 is 0.484 bits per heavy atom. The lowest BCUT2D eigenvalue weighted by Crippen LogP contribution is -2.04. The average Bonchev–Trinajstić information content (AvgIpc) is 3.28. The van der Waals surface area contributed by atoms with E-state index in [2.05, 4.69) is 9.97 Å². The first-order valence-electron chi connectivity index (χ1n) is 19.8. The number of benzene rings is 6. The van der Waals surface area contributed by atoms with Crippen molar-refractivity contribution in [3.8, 4) is 28.7 Å². The molecular formula is C51H44N2O9. The second-order valence-corrected chi connectivity index (χ2v) is 14.3. The van der Waals surface area contributed by atoms with Gasteiger partial charge >= 0.3 is 11.9 Å². The largest absolute Gasteiger partial charge is 0.493 e. The lowest BCUT2D eigenvalue weighted by atomic mass is 10.0. The fraction of sp³-hybridized carbons (Fsp3) is 0.137. The molecule has 0 aliphatic heterocycles. The number of aromatic nitrogens is 2. The van der Waals surface area contributed by atoms with Crippen LogP contribution in [0.3, 0.4) is 0 Å². The number of ether oxygens (including phenoxy) is 5. The summed E-state index contributed by atoms with van der Waals surface area (Å²) in [6.07, 6.45) is 0. The van der Waals surface area contributed by atoms with E-state index in [1.807, 2.05) is 121 Å². The van der Waals surface area contributed by atoms with Crippen LogP contribution in [0.25, 0.3) is 21.8 Å². The van der Waals surface area contributed by atoms with Gasteiger partial charge < -0.3 is 33.9 Å². The van der Waals surface area contributed by atoms with E-state index in [1.54, 1.807) is 32.0 Å². The van der Waals surface area contributed by atoms with Gasteiger partial charge in [0.1, 0.15) is 43.7 Å². The third kappa shape index (κ3) is 11.0. The van der Waals surface area contributed by atoms with Crippen molar-refractivity contribution in [2.24, 2.45) is 0 Å². The second-order valence-electron chi connectivity index (χ2n) is 14.3. The number of hydrogen-bond acceptors (Lipinski definition) is 9. The van der Waals surface area contributed by atoms with Crippen molar-refractivity contribution >= 4 is 33.7 Å². The minimum Gasteiger partial charge on any atom is -0.493 e. The molecule has 62 heavy (non-hydrogen) atoms. The van der Waals surface area contributed by atoms with E-state index in [9.17, 15) is 19.8 Å². The van der Waals surface area contributed by atoms with Crippen LogP contribution >= 0.6 is 0 Å². The van der Waals surface area contributed by atoms with Crippen LogP contribution in [0.5, 0.6) is 28.7 Å². The summed E-state index contributed by atoms with van der Waals surface area (Å²) >= 11 is 0. The molecule has 11 nitrogen and oxygen atoms in total. The number of rotatable bonds is 15. The van der Waals surface area contributed by atoms with Crippen molar-refractivity contribution in [2.75, 3.05) is 7.11 Å². The molecule has 0 atom stereocenters. The summed E-state index contributed by atoms with van der Waals surface area (Å²) in [4.78, 5) is 31.8. The van der Waals surface area contributed by atoms with Gasteiger partial charge in [0.15, 0.2) is 11.5 Å². The van der Waals surface area contributed by atoms with Crippen LogP contribution in [0, 0.1) is 13.8 Å². The van der Waals surface area contributed by atoms with E-state index >= 15 is 0 Å². The maximum absolute atomic E-state index is 11.3. The zero-order valence-electron chi connectivity index (χ0n) is 34.4. The van der Waals surface area contributed by atoms with Crippen LogP contribution < -0.4 is 23.7 Å². The van der Waals surface area contributed by atoms with E-state index < -0.39 is 11.9 Å². The molecule has 0 radical (unpaired) electrons. The Hall–Kier alpha value is -7.92. The topological polar surface area (TPSA) is 147 Å². The third-order valence-electron chi connectivity index (χ3n) is 9.81. The molecule has 0 saturated carbocycles. The van der Waals surface area contributed by atoms with E-state index in [1.165, 1.54) is 19.2 Å². The molecule has 2 N–H and O–H groups in total. The number of pyridine rings is 2.